The van der Waals surface area contributed by atoms with Crippen molar-refractivity contribution in [2.24, 2.45) is 0 Å². The van der Waals surface area contributed by atoms with Crippen molar-refractivity contribution in [3.63, 3.8) is 0 Å². The Morgan fingerprint density at radius 1 is 0.261 bits per heavy atom. The lowest BCUT2D eigenvalue weighted by Gasteiger charge is -2.29. The lowest BCUT2D eigenvalue weighted by molar-refractivity contribution is 0.100. The number of pyridine rings is 4. The van der Waals surface area contributed by atoms with Gasteiger partial charge in [0.05, 0.1) is 76.2 Å². The van der Waals surface area contributed by atoms with Gasteiger partial charge >= 0.3 is 0 Å². The summed E-state index contributed by atoms with van der Waals surface area (Å²) in [4.78, 5) is 127. The summed E-state index contributed by atoms with van der Waals surface area (Å²) in [6.45, 7) is 10.4. The van der Waals surface area contributed by atoms with E-state index in [1.54, 1.807) is 176 Å². The Labute approximate surface area is 792 Å². The summed E-state index contributed by atoms with van der Waals surface area (Å²) in [5.41, 5.74) is 6.97. The predicted molar refractivity (Wildman–Crippen MR) is 521 cm³/mol. The highest BCUT2D eigenvalue weighted by atomic mass is 35.5. The topological polar surface area (TPSA) is 393 Å². The van der Waals surface area contributed by atoms with Crippen LogP contribution in [0.1, 0.15) is 180 Å². The Bertz CT molecular complexity index is 6360. The second kappa shape index (κ2) is 46.2. The summed E-state index contributed by atoms with van der Waals surface area (Å²) in [7, 11) is 0. The molecule has 0 bridgehead atoms. The lowest BCUT2D eigenvalue weighted by Crippen LogP contribution is -2.35. The first-order chi connectivity index (χ1) is 64.6. The molecule has 134 heavy (non-hydrogen) atoms. The highest BCUT2D eigenvalue weighted by Crippen LogP contribution is 2.29. The van der Waals surface area contributed by atoms with E-state index >= 15 is 0 Å². The van der Waals surface area contributed by atoms with Gasteiger partial charge in [-0.3, -0.25) is 60.0 Å². The number of piperidine rings is 2. The molecule has 4 saturated heterocycles. The van der Waals surface area contributed by atoms with Gasteiger partial charge in [0.25, 0.3) is 47.3 Å². The number of likely N-dealkylation sites (tertiary alicyclic amines) is 4. The Morgan fingerprint density at radius 3 is 0.799 bits per heavy atom. The number of carbonyl (C=O) groups is 8. The van der Waals surface area contributed by atoms with Gasteiger partial charge in [-0.2, -0.15) is 0 Å². The van der Waals surface area contributed by atoms with Gasteiger partial charge in [0.1, 0.15) is 58.2 Å². The van der Waals surface area contributed by atoms with Crippen molar-refractivity contribution in [1.29, 1.82) is 21.6 Å². The molecule has 12 N–H and O–H groups in total. The number of aromatic nitrogens is 4. The molecule has 4 aliphatic heterocycles. The number of hydrogen-bond donors (Lipinski definition) is 12. The van der Waals surface area contributed by atoms with E-state index < -0.39 is 41.2 Å². The van der Waals surface area contributed by atoms with Crippen LogP contribution in [0.2, 0.25) is 20.1 Å². The summed E-state index contributed by atoms with van der Waals surface area (Å²) < 4.78 is 29.6. The summed E-state index contributed by atoms with van der Waals surface area (Å²) in [5, 5.41) is 56.8. The van der Waals surface area contributed by atoms with Crippen molar-refractivity contribution < 1.29 is 47.1 Å². The highest BCUT2D eigenvalue weighted by Gasteiger charge is 2.27. The van der Waals surface area contributed by atoms with Crippen LogP contribution in [0.4, 0.5) is 54.8 Å². The van der Waals surface area contributed by atoms with Crippen LogP contribution in [0, 0.1) is 47.1 Å². The van der Waals surface area contributed by atoms with Gasteiger partial charge < -0.3 is 62.1 Å². The van der Waals surface area contributed by atoms with E-state index in [0.29, 0.717) is 99.8 Å². The number of nitrogens with one attached hydrogen (secondary N) is 12. The van der Waals surface area contributed by atoms with E-state index in [4.69, 9.17) is 68.0 Å². The minimum absolute atomic E-state index is 0.176. The third-order valence-corrected chi connectivity index (χ3v) is 23.0. The summed E-state index contributed by atoms with van der Waals surface area (Å²) in [6, 6.07) is 58.3. The number of rotatable bonds is 20. The molecule has 0 unspecified atom stereocenters. The van der Waals surface area contributed by atoms with Gasteiger partial charge in [0.15, 0.2) is 0 Å². The molecule has 34 heteroatoms. The number of halogens is 6. The van der Waals surface area contributed by atoms with E-state index in [9.17, 15) is 47.1 Å². The fourth-order valence-corrected chi connectivity index (χ4v) is 15.3. The third kappa shape index (κ3) is 26.2. The molecule has 16 rings (SSSR count). The number of carbonyl (C=O) groups excluding carboxylic acids is 8. The number of nitrogens with zero attached hydrogens (tertiary/aromatic N) is 8. The number of benzene rings is 8. The zero-order valence-electron chi connectivity index (χ0n) is 72.9. The Hall–Kier alpha value is -15.0. The van der Waals surface area contributed by atoms with Crippen LogP contribution in [-0.2, 0) is 0 Å². The standard InChI is InChI=1S/C26H26ClN5O2.C25H23ClFN5O2.C25H24ClN5O2.C24H21ClFN5O2/c1-17-5-11-22(21(15-17)26(34)31-23-12-10-20(27)16-29-23)30-25(33)19-8-6-18(7-9-19)24(28)32-13-3-2-4-14-32;26-17-9-11-22(29-15-17)31-25(34)19-6-2-3-7-21(19)30-24(33)18-10-8-16(14-20(18)27)23(28)32-12-4-1-5-13-32;1-16-4-10-21(20(14-16)25(33)30-22-11-9-19(26)15-28-22)29-24(32)18-7-5-17(6-8-18)23(27)31-12-2-3-13-31;25-16-8-10-21(28-14-16)30-24(33)18-5-1-2-6-20(18)29-23(32)17-9-7-15(13-19(17)26)22(27)31-11-3-4-12-31/h5-12,15-16,28H,2-4,13-14H2,1H3,(H,30,33)(H,29,31,34);2-3,6-11,14-15,28H,1,4-5,12-13H2,(H,30,33)(H,29,31,34);4-11,14-15,27H,2-3,12-13H2,1H3,(H,29,32)(H,28,30,33);1-2,5-10,13-14,27H,3-4,11-12H2,(H,29,32)(H,28,30,33). The van der Waals surface area contributed by atoms with E-state index in [-0.39, 0.29) is 63.0 Å². The molecule has 4 fully saturated rings. The maximum Gasteiger partial charge on any atom is 0.258 e. The van der Waals surface area contributed by atoms with Gasteiger partial charge in [-0.1, -0.05) is 130 Å². The van der Waals surface area contributed by atoms with Crippen LogP contribution in [0.3, 0.4) is 0 Å². The van der Waals surface area contributed by atoms with Crippen LogP contribution < -0.4 is 42.5 Å². The van der Waals surface area contributed by atoms with Crippen molar-refractivity contribution >= 4 is 163 Å². The highest BCUT2D eigenvalue weighted by molar-refractivity contribution is 6.31. The molecule has 0 spiro atoms. The van der Waals surface area contributed by atoms with Crippen LogP contribution in [0.5, 0.6) is 0 Å². The van der Waals surface area contributed by atoms with Crippen molar-refractivity contribution in [1.82, 2.24) is 39.5 Å². The first kappa shape index (κ1) is 96.6. The van der Waals surface area contributed by atoms with E-state index in [1.807, 2.05) is 40.7 Å². The second-order valence-corrected chi connectivity index (χ2v) is 33.4. The Morgan fingerprint density at radius 2 is 0.507 bits per heavy atom. The van der Waals surface area contributed by atoms with Gasteiger partial charge in [-0.25, -0.2) is 28.7 Å². The molecule has 0 atom stereocenters. The van der Waals surface area contributed by atoms with Crippen LogP contribution >= 0.6 is 46.4 Å². The number of hydrogen-bond acceptors (Lipinski definition) is 16. The molecule has 8 aromatic carbocycles. The smallest absolute Gasteiger partial charge is 0.258 e. The molecule has 8 amide bonds. The molecule has 28 nitrogen and oxygen atoms in total. The molecule has 0 radical (unpaired) electrons. The van der Waals surface area contributed by atoms with Gasteiger partial charge in [0.2, 0.25) is 0 Å². The summed E-state index contributed by atoms with van der Waals surface area (Å²) in [5.74, 6) is -2.51. The maximum atomic E-state index is 14.8. The first-order valence-electron chi connectivity index (χ1n) is 43.2. The van der Waals surface area contributed by atoms with Crippen molar-refractivity contribution in [3.8, 4) is 0 Å². The predicted octanol–water partition coefficient (Wildman–Crippen LogP) is 20.3. The largest absolute Gasteiger partial charge is 0.357 e. The Kier molecular flexibility index (Phi) is 33.3. The number of amidine groups is 4. The maximum absolute atomic E-state index is 14.8. The average Bonchev–Trinajstić information content (AvgIpc) is 1.54. The number of anilines is 8. The molecule has 4 aromatic heterocycles. The molecule has 4 aliphatic rings. The van der Waals surface area contributed by atoms with Crippen LogP contribution in [-0.4, -0.2) is 162 Å². The third-order valence-electron chi connectivity index (χ3n) is 22.1. The Balaban J connectivity index is 0.000000152. The fraction of sp³-hybridized carbons (Fsp3) is 0.200. The van der Waals surface area contributed by atoms with Crippen molar-refractivity contribution in [3.05, 3.63) is 353 Å². The molecule has 8 heterocycles. The monoisotopic (exact) mass is 1880 g/mol. The fourth-order valence-electron chi connectivity index (χ4n) is 14.9. The van der Waals surface area contributed by atoms with Crippen molar-refractivity contribution in [2.45, 2.75) is 78.1 Å². The number of amides is 8. The molecular weight excluding hydrogens is 1790 g/mol. The minimum Gasteiger partial charge on any atom is -0.357 e. The van der Waals surface area contributed by atoms with E-state index in [2.05, 4.69) is 67.4 Å². The SMILES string of the molecule is Cc1ccc(NC(=O)c2ccc(C(=N)N3CCCC3)cc2)c(C(=O)Nc2ccc(Cl)cn2)c1.Cc1ccc(NC(=O)c2ccc(C(=N)N3CCCCC3)cc2)c(C(=O)Nc2ccc(Cl)cn2)c1.N=C(c1ccc(C(=O)Nc2ccccc2C(=O)Nc2ccc(Cl)cn2)c(F)c1)N1CCCC1.N=C(c1ccc(C(=O)Nc2ccccc2C(=O)Nc2ccc(Cl)cn2)c(F)c1)N1CCCCC1. The van der Waals surface area contributed by atoms with Gasteiger partial charge in [-0.15, -0.1) is 0 Å². The lowest BCUT2D eigenvalue weighted by atomic mass is 10.1. The van der Waals surface area contributed by atoms with E-state index in [0.717, 1.165) is 132 Å². The molecule has 0 saturated carbocycles. The van der Waals surface area contributed by atoms with Crippen LogP contribution in [0.25, 0.3) is 0 Å². The van der Waals surface area contributed by atoms with E-state index in [1.165, 1.54) is 61.5 Å². The number of para-hydroxylation sites is 2. The zero-order chi connectivity index (χ0) is 94.9. The molecule has 12 aromatic rings. The second-order valence-electron chi connectivity index (χ2n) is 31.7. The first-order valence-corrected chi connectivity index (χ1v) is 44.7. The number of aryl methyl sites for hydroxylation is 2. The minimum atomic E-state index is -0.735. The van der Waals surface area contributed by atoms with Crippen molar-refractivity contribution in [2.75, 3.05) is 94.9 Å². The van der Waals surface area contributed by atoms with Crippen LogP contribution in [0.15, 0.2) is 243 Å². The quantitative estimate of drug-likeness (QED) is 0.0249. The van der Waals surface area contributed by atoms with Gasteiger partial charge in [-0.05, 0) is 224 Å². The van der Waals surface area contributed by atoms with Gasteiger partial charge in [0, 0.05) is 111 Å². The average molecular weight is 1880 g/mol. The zero-order valence-corrected chi connectivity index (χ0v) is 76.0. The summed E-state index contributed by atoms with van der Waals surface area (Å²) in [6.07, 6.45) is 16.5. The molecule has 684 valence electrons. The normalized spacial score (nSPS) is 13.1. The summed E-state index contributed by atoms with van der Waals surface area (Å²) >= 11 is 23.3. The molecular formula is C100H94Cl4F2N20O8. The molecule has 0 aliphatic carbocycles.